The third-order valence-corrected chi connectivity index (χ3v) is 6.21. The van der Waals surface area contributed by atoms with E-state index in [1.165, 1.54) is 0 Å². The molecule has 1 unspecified atom stereocenters. The molecule has 0 spiro atoms. The predicted octanol–water partition coefficient (Wildman–Crippen LogP) is 4.36. The number of para-hydroxylation sites is 1. The van der Waals surface area contributed by atoms with Gasteiger partial charge in [0.05, 0.1) is 5.69 Å². The highest BCUT2D eigenvalue weighted by Gasteiger charge is 2.56. The van der Waals surface area contributed by atoms with E-state index < -0.39 is 49.3 Å². The quantitative estimate of drug-likeness (QED) is 0.410. The first kappa shape index (κ1) is 25.6. The van der Waals surface area contributed by atoms with Gasteiger partial charge in [0, 0.05) is 25.1 Å². The van der Waals surface area contributed by atoms with Gasteiger partial charge in [-0.25, -0.2) is 0 Å². The van der Waals surface area contributed by atoms with Gasteiger partial charge in [-0.1, -0.05) is 42.5 Å². The van der Waals surface area contributed by atoms with Crippen LogP contribution in [0.5, 0.6) is 0 Å². The van der Waals surface area contributed by atoms with E-state index in [0.29, 0.717) is 23.7 Å². The van der Waals surface area contributed by atoms with Crippen molar-refractivity contribution in [3.8, 4) is 11.1 Å². The summed E-state index contributed by atoms with van der Waals surface area (Å²) in [5.74, 6) is -6.88. The second-order valence-electron chi connectivity index (χ2n) is 8.98. The lowest BCUT2D eigenvalue weighted by atomic mass is 9.95. The topological polar surface area (TPSA) is 78.5 Å². The molecule has 2 aromatic carbocycles. The summed E-state index contributed by atoms with van der Waals surface area (Å²) in [6, 6.07) is 13.3. The SMILES string of the molecule is O=C(CC(=O)NC1C(=O)N(CC2CC2)c2ccccc2-c2ccccc21)NCCC(F)(F)C(F)(F)F. The Bertz CT molecular complexity index is 1160. The van der Waals surface area contributed by atoms with Crippen molar-refractivity contribution in [1.82, 2.24) is 10.6 Å². The normalized spacial score (nSPS) is 17.6. The minimum Gasteiger partial charge on any atom is -0.355 e. The Morgan fingerprint density at radius 3 is 2.22 bits per heavy atom. The molecule has 2 N–H and O–H groups in total. The number of benzene rings is 2. The zero-order chi connectivity index (χ0) is 26.1. The lowest BCUT2D eigenvalue weighted by molar-refractivity contribution is -0.283. The number of nitrogens with zero attached hydrogens (tertiary/aromatic N) is 1. The van der Waals surface area contributed by atoms with Gasteiger partial charge in [0.2, 0.25) is 11.8 Å². The van der Waals surface area contributed by atoms with Crippen LogP contribution in [0.25, 0.3) is 11.1 Å². The molecule has 6 nitrogen and oxygen atoms in total. The van der Waals surface area contributed by atoms with Crippen molar-refractivity contribution in [2.45, 2.75) is 43.8 Å². The van der Waals surface area contributed by atoms with Crippen LogP contribution in [-0.2, 0) is 14.4 Å². The van der Waals surface area contributed by atoms with Crippen molar-refractivity contribution >= 4 is 23.4 Å². The summed E-state index contributed by atoms with van der Waals surface area (Å²) < 4.78 is 62.9. The third kappa shape index (κ3) is 5.50. The van der Waals surface area contributed by atoms with Gasteiger partial charge in [-0.05, 0) is 36.0 Å². The molecular weight excluding hydrogens is 485 g/mol. The van der Waals surface area contributed by atoms with Gasteiger partial charge in [-0.15, -0.1) is 0 Å². The van der Waals surface area contributed by atoms with Crippen LogP contribution in [0.3, 0.4) is 0 Å². The summed E-state index contributed by atoms with van der Waals surface area (Å²) in [6.45, 7) is -0.488. The zero-order valence-corrected chi connectivity index (χ0v) is 19.1. The first-order valence-corrected chi connectivity index (χ1v) is 11.5. The van der Waals surface area contributed by atoms with E-state index in [1.807, 2.05) is 35.6 Å². The predicted molar refractivity (Wildman–Crippen MR) is 121 cm³/mol. The number of amides is 3. The molecule has 1 heterocycles. The van der Waals surface area contributed by atoms with Crippen molar-refractivity contribution in [3.63, 3.8) is 0 Å². The Labute approximate surface area is 203 Å². The summed E-state index contributed by atoms with van der Waals surface area (Å²) in [4.78, 5) is 40.0. The van der Waals surface area contributed by atoms with Gasteiger partial charge in [0.1, 0.15) is 12.5 Å². The maximum atomic E-state index is 13.7. The van der Waals surface area contributed by atoms with Crippen LogP contribution in [-0.4, -0.2) is 42.9 Å². The van der Waals surface area contributed by atoms with Crippen LogP contribution >= 0.6 is 0 Å². The van der Waals surface area contributed by atoms with E-state index in [9.17, 15) is 36.3 Å². The molecule has 1 aliphatic carbocycles. The molecule has 192 valence electrons. The first-order valence-electron chi connectivity index (χ1n) is 11.5. The van der Waals surface area contributed by atoms with Gasteiger partial charge < -0.3 is 15.5 Å². The van der Waals surface area contributed by atoms with E-state index >= 15 is 0 Å². The molecule has 4 rings (SSSR count). The van der Waals surface area contributed by atoms with Crippen molar-refractivity contribution in [3.05, 3.63) is 54.1 Å². The highest BCUT2D eigenvalue weighted by Crippen LogP contribution is 2.42. The van der Waals surface area contributed by atoms with E-state index in [2.05, 4.69) is 5.32 Å². The molecule has 1 aliphatic heterocycles. The highest BCUT2D eigenvalue weighted by atomic mass is 19.4. The van der Waals surface area contributed by atoms with Gasteiger partial charge >= 0.3 is 12.1 Å². The van der Waals surface area contributed by atoms with E-state index in [0.717, 1.165) is 24.0 Å². The largest absolute Gasteiger partial charge is 0.453 e. The minimum atomic E-state index is -5.73. The Hall–Kier alpha value is -3.50. The molecule has 1 saturated carbocycles. The number of carbonyl (C=O) groups excluding carboxylic acids is 3. The smallest absolute Gasteiger partial charge is 0.355 e. The van der Waals surface area contributed by atoms with Gasteiger partial charge in [-0.2, -0.15) is 22.0 Å². The van der Waals surface area contributed by atoms with Crippen molar-refractivity contribution < 1.29 is 36.3 Å². The lowest BCUT2D eigenvalue weighted by Crippen LogP contribution is -2.44. The average Bonchev–Trinajstić information content (AvgIpc) is 3.64. The van der Waals surface area contributed by atoms with E-state index in [4.69, 9.17) is 0 Å². The van der Waals surface area contributed by atoms with Crippen LogP contribution < -0.4 is 15.5 Å². The average molecular weight is 509 g/mol. The molecular formula is C25H24F5N3O3. The first-order chi connectivity index (χ1) is 17.0. The Kier molecular flexibility index (Phi) is 7.01. The maximum absolute atomic E-state index is 13.7. The summed E-state index contributed by atoms with van der Waals surface area (Å²) in [6.07, 6.45) is -6.23. The molecule has 1 fully saturated rings. The van der Waals surface area contributed by atoms with Crippen LogP contribution in [0, 0.1) is 5.92 Å². The van der Waals surface area contributed by atoms with Crippen molar-refractivity contribution in [2.75, 3.05) is 18.0 Å². The number of hydrogen-bond acceptors (Lipinski definition) is 3. The van der Waals surface area contributed by atoms with Gasteiger partial charge in [0.15, 0.2) is 0 Å². The molecule has 2 aliphatic rings. The number of carbonyl (C=O) groups is 3. The van der Waals surface area contributed by atoms with E-state index in [1.54, 1.807) is 23.1 Å². The monoisotopic (exact) mass is 509 g/mol. The number of halogens is 5. The molecule has 0 saturated heterocycles. The fourth-order valence-electron chi connectivity index (χ4n) is 4.15. The second kappa shape index (κ2) is 9.87. The Morgan fingerprint density at radius 1 is 0.917 bits per heavy atom. The molecule has 0 radical (unpaired) electrons. The minimum absolute atomic E-state index is 0.347. The van der Waals surface area contributed by atoms with Crippen LogP contribution in [0.4, 0.5) is 27.6 Å². The zero-order valence-electron chi connectivity index (χ0n) is 19.1. The van der Waals surface area contributed by atoms with Crippen LogP contribution in [0.1, 0.15) is 37.3 Å². The van der Waals surface area contributed by atoms with Crippen LogP contribution in [0.2, 0.25) is 0 Å². The van der Waals surface area contributed by atoms with Gasteiger partial charge in [0.25, 0.3) is 5.91 Å². The molecule has 3 amide bonds. The third-order valence-electron chi connectivity index (χ3n) is 6.21. The Morgan fingerprint density at radius 2 is 1.56 bits per heavy atom. The molecule has 0 bridgehead atoms. The number of anilines is 1. The highest BCUT2D eigenvalue weighted by molar-refractivity contribution is 6.07. The fraction of sp³-hybridized carbons (Fsp3) is 0.400. The van der Waals surface area contributed by atoms with Crippen molar-refractivity contribution in [1.29, 1.82) is 0 Å². The van der Waals surface area contributed by atoms with Gasteiger partial charge in [-0.3, -0.25) is 14.4 Å². The number of rotatable bonds is 8. The fourth-order valence-corrected chi connectivity index (χ4v) is 4.15. The maximum Gasteiger partial charge on any atom is 0.453 e. The second-order valence-corrected chi connectivity index (χ2v) is 8.98. The molecule has 0 aromatic heterocycles. The Balaban J connectivity index is 1.49. The lowest BCUT2D eigenvalue weighted by Gasteiger charge is -2.26. The summed E-state index contributed by atoms with van der Waals surface area (Å²) in [5, 5.41) is 4.47. The summed E-state index contributed by atoms with van der Waals surface area (Å²) in [7, 11) is 0. The summed E-state index contributed by atoms with van der Waals surface area (Å²) >= 11 is 0. The molecule has 11 heteroatoms. The molecule has 1 atom stereocenters. The number of alkyl halides is 5. The number of fused-ring (bicyclic) bond motifs is 3. The van der Waals surface area contributed by atoms with E-state index in [-0.39, 0.29) is 5.91 Å². The number of nitrogens with one attached hydrogen (secondary N) is 2. The summed E-state index contributed by atoms with van der Waals surface area (Å²) in [5.41, 5.74) is 2.81. The van der Waals surface area contributed by atoms with Crippen LogP contribution in [0.15, 0.2) is 48.5 Å². The molecule has 36 heavy (non-hydrogen) atoms. The number of hydrogen-bond donors (Lipinski definition) is 2. The molecule has 2 aromatic rings. The van der Waals surface area contributed by atoms with Crippen molar-refractivity contribution in [2.24, 2.45) is 5.92 Å². The standard InChI is InChI=1S/C25H24F5N3O3/c26-24(27,25(28,29)30)11-12-31-20(34)13-21(35)32-22-18-7-2-1-5-16(18)17-6-3-4-8-19(17)33(23(22)36)14-15-9-10-15/h1-8,15,22H,9-14H2,(H,31,34)(H,32,35).